The summed E-state index contributed by atoms with van der Waals surface area (Å²) in [7, 11) is 0. The maximum Gasteiger partial charge on any atom is 0.293 e. The number of amides is 1. The normalized spacial score (nSPS) is 13.5. The molecule has 0 spiro atoms. The first-order chi connectivity index (χ1) is 15.4. The summed E-state index contributed by atoms with van der Waals surface area (Å²) in [5, 5.41) is 12.8. The van der Waals surface area contributed by atoms with Gasteiger partial charge in [-0.25, -0.2) is 9.36 Å². The fourth-order valence-corrected chi connectivity index (χ4v) is 4.06. The number of hydrogen-bond acceptors (Lipinski definition) is 4. The van der Waals surface area contributed by atoms with Crippen molar-refractivity contribution in [2.24, 2.45) is 0 Å². The van der Waals surface area contributed by atoms with Gasteiger partial charge in [-0.2, -0.15) is 10.2 Å². The van der Waals surface area contributed by atoms with E-state index in [4.69, 9.17) is 0 Å². The average molecular weight is 428 g/mol. The first kappa shape index (κ1) is 20.2. The van der Waals surface area contributed by atoms with Crippen LogP contribution < -0.4 is 10.9 Å². The molecule has 32 heavy (non-hydrogen) atoms. The van der Waals surface area contributed by atoms with Crippen LogP contribution in [0.15, 0.2) is 53.5 Å². The van der Waals surface area contributed by atoms with Gasteiger partial charge in [0.25, 0.3) is 5.56 Å². The van der Waals surface area contributed by atoms with Gasteiger partial charge in [0.1, 0.15) is 12.1 Å². The summed E-state index contributed by atoms with van der Waals surface area (Å²) in [5.74, 6) is 0.0170. The van der Waals surface area contributed by atoms with E-state index in [1.165, 1.54) is 4.68 Å². The van der Waals surface area contributed by atoms with Crippen molar-refractivity contribution in [2.45, 2.75) is 46.1 Å². The zero-order valence-electron chi connectivity index (χ0n) is 18.4. The van der Waals surface area contributed by atoms with Gasteiger partial charge in [-0.1, -0.05) is 35.4 Å². The second kappa shape index (κ2) is 7.75. The van der Waals surface area contributed by atoms with E-state index in [2.05, 4.69) is 21.6 Å². The largest absolute Gasteiger partial charge is 0.324 e. The van der Waals surface area contributed by atoms with Crippen LogP contribution in [0.4, 0.5) is 5.69 Å². The van der Waals surface area contributed by atoms with Gasteiger partial charge in [-0.3, -0.25) is 9.59 Å². The first-order valence-corrected chi connectivity index (χ1v) is 10.8. The Bertz CT molecular complexity index is 1390. The molecular formula is C25H25N5O2. The Morgan fingerprint density at radius 3 is 2.47 bits per heavy atom. The van der Waals surface area contributed by atoms with Crippen LogP contribution in [0, 0.1) is 20.8 Å². The van der Waals surface area contributed by atoms with Gasteiger partial charge in [0.15, 0.2) is 0 Å². The molecule has 1 N–H and O–H groups in total. The minimum absolute atomic E-state index is 0.152. The van der Waals surface area contributed by atoms with Crippen molar-refractivity contribution in [2.75, 3.05) is 5.32 Å². The van der Waals surface area contributed by atoms with Crippen LogP contribution in [-0.2, 0) is 11.3 Å². The number of hydrogen-bond donors (Lipinski definition) is 1. The van der Waals surface area contributed by atoms with Crippen LogP contribution in [-0.4, -0.2) is 25.5 Å². The Balaban J connectivity index is 1.57. The van der Waals surface area contributed by atoms with Crippen LogP contribution in [0.3, 0.4) is 0 Å². The summed E-state index contributed by atoms with van der Waals surface area (Å²) in [5.41, 5.74) is 5.83. The lowest BCUT2D eigenvalue weighted by Gasteiger charge is -2.12. The fraction of sp³-hybridized carbons (Fsp3) is 0.280. The van der Waals surface area contributed by atoms with Gasteiger partial charge in [0, 0.05) is 17.0 Å². The highest BCUT2D eigenvalue weighted by molar-refractivity contribution is 5.91. The molecule has 2 heterocycles. The van der Waals surface area contributed by atoms with E-state index in [0.717, 1.165) is 46.3 Å². The summed E-state index contributed by atoms with van der Waals surface area (Å²) in [6.45, 7) is 5.88. The number of nitrogens with zero attached hydrogens (tertiary/aromatic N) is 4. The lowest BCUT2D eigenvalue weighted by molar-refractivity contribution is -0.117. The first-order valence-electron chi connectivity index (χ1n) is 10.8. The smallest absolute Gasteiger partial charge is 0.293 e. The fourth-order valence-electron chi connectivity index (χ4n) is 4.06. The number of aromatic nitrogens is 4. The minimum Gasteiger partial charge on any atom is -0.324 e. The van der Waals surface area contributed by atoms with Crippen LogP contribution in [0.1, 0.15) is 41.1 Å². The van der Waals surface area contributed by atoms with E-state index < -0.39 is 0 Å². The highest BCUT2D eigenvalue weighted by Crippen LogP contribution is 2.41. The zero-order chi connectivity index (χ0) is 22.4. The molecule has 7 heteroatoms. The number of fused-ring (bicyclic) bond motifs is 1. The topological polar surface area (TPSA) is 81.8 Å². The van der Waals surface area contributed by atoms with Gasteiger partial charge in [0.2, 0.25) is 5.91 Å². The van der Waals surface area contributed by atoms with Crippen LogP contribution in [0.5, 0.6) is 0 Å². The van der Waals surface area contributed by atoms with Crippen molar-refractivity contribution in [3.8, 4) is 5.69 Å². The molecule has 1 aliphatic rings. The number of benzene rings is 2. The second-order valence-corrected chi connectivity index (χ2v) is 8.65. The monoisotopic (exact) mass is 427 g/mol. The third-order valence-corrected chi connectivity index (χ3v) is 5.88. The van der Waals surface area contributed by atoms with Crippen molar-refractivity contribution in [3.63, 3.8) is 0 Å². The van der Waals surface area contributed by atoms with E-state index in [1.807, 2.05) is 57.2 Å². The molecule has 0 bridgehead atoms. The average Bonchev–Trinajstić information content (AvgIpc) is 3.50. The number of aryl methyl sites for hydroxylation is 3. The third-order valence-electron chi connectivity index (χ3n) is 5.88. The maximum atomic E-state index is 13.4. The van der Waals surface area contributed by atoms with Gasteiger partial charge in [-0.05, 0) is 57.4 Å². The molecule has 0 unspecified atom stereocenters. The predicted molar refractivity (Wildman–Crippen MR) is 124 cm³/mol. The molecular weight excluding hydrogens is 402 g/mol. The van der Waals surface area contributed by atoms with Crippen molar-refractivity contribution >= 4 is 22.5 Å². The third kappa shape index (κ3) is 3.70. The molecule has 0 radical (unpaired) electrons. The van der Waals surface area contributed by atoms with E-state index >= 15 is 0 Å². The van der Waals surface area contributed by atoms with E-state index in [9.17, 15) is 9.59 Å². The molecule has 5 rings (SSSR count). The van der Waals surface area contributed by atoms with Gasteiger partial charge >= 0.3 is 0 Å². The lowest BCUT2D eigenvalue weighted by atomic mass is 10.1. The summed E-state index contributed by atoms with van der Waals surface area (Å²) in [6, 6.07) is 13.6. The number of anilines is 1. The van der Waals surface area contributed by atoms with Crippen molar-refractivity contribution < 1.29 is 4.79 Å². The summed E-state index contributed by atoms with van der Waals surface area (Å²) < 4.78 is 2.97. The molecule has 7 nitrogen and oxygen atoms in total. The Labute approximate surface area is 185 Å². The maximum absolute atomic E-state index is 13.4. The van der Waals surface area contributed by atoms with E-state index in [-0.39, 0.29) is 18.0 Å². The molecule has 0 atom stereocenters. The second-order valence-electron chi connectivity index (χ2n) is 8.65. The highest BCUT2D eigenvalue weighted by atomic mass is 16.2. The number of rotatable bonds is 5. The molecule has 1 aliphatic carbocycles. The standard InChI is InChI=1S/C25H25N5O2/c1-15-4-9-19(10-5-15)27-22(31)14-29-25(32)24-20(23(28-29)18-7-8-18)13-26-30(24)21-11-6-16(2)12-17(21)3/h4-6,9-13,18H,7-8,14H2,1-3H3,(H,27,31). The Kier molecular flexibility index (Phi) is 4.89. The molecule has 2 aromatic carbocycles. The Morgan fingerprint density at radius 1 is 1.06 bits per heavy atom. The summed E-state index contributed by atoms with van der Waals surface area (Å²) in [4.78, 5) is 26.2. The van der Waals surface area contributed by atoms with E-state index in [0.29, 0.717) is 17.1 Å². The van der Waals surface area contributed by atoms with Gasteiger partial charge in [-0.15, -0.1) is 0 Å². The Hall–Kier alpha value is -3.74. The predicted octanol–water partition coefficient (Wildman–Crippen LogP) is 4.02. The molecule has 1 amide bonds. The Morgan fingerprint density at radius 2 is 1.78 bits per heavy atom. The minimum atomic E-state index is -0.319. The highest BCUT2D eigenvalue weighted by Gasteiger charge is 2.30. The molecule has 1 fully saturated rings. The van der Waals surface area contributed by atoms with Crippen LogP contribution in [0.25, 0.3) is 16.6 Å². The lowest BCUT2D eigenvalue weighted by Crippen LogP contribution is -2.31. The number of nitrogens with one attached hydrogen (secondary N) is 1. The summed E-state index contributed by atoms with van der Waals surface area (Å²) in [6.07, 6.45) is 3.79. The molecule has 2 aromatic heterocycles. The van der Waals surface area contributed by atoms with E-state index in [1.54, 1.807) is 10.9 Å². The van der Waals surface area contributed by atoms with Crippen LogP contribution in [0.2, 0.25) is 0 Å². The van der Waals surface area contributed by atoms with Gasteiger partial charge < -0.3 is 5.32 Å². The molecule has 162 valence electrons. The van der Waals surface area contributed by atoms with Crippen LogP contribution >= 0.6 is 0 Å². The molecule has 0 aliphatic heterocycles. The van der Waals surface area contributed by atoms with Gasteiger partial charge in [0.05, 0.1) is 17.6 Å². The molecule has 0 saturated heterocycles. The molecule has 4 aromatic rings. The zero-order valence-corrected chi connectivity index (χ0v) is 18.4. The quantitative estimate of drug-likeness (QED) is 0.521. The SMILES string of the molecule is Cc1ccc(NC(=O)Cn2nc(C3CC3)c3cnn(-c4ccc(C)cc4C)c3c2=O)cc1. The molecule has 1 saturated carbocycles. The van der Waals surface area contributed by atoms with Crippen molar-refractivity contribution in [1.82, 2.24) is 19.6 Å². The number of carbonyl (C=O) groups is 1. The number of carbonyl (C=O) groups excluding carboxylic acids is 1. The van der Waals surface area contributed by atoms with Crippen molar-refractivity contribution in [3.05, 3.63) is 81.4 Å². The summed E-state index contributed by atoms with van der Waals surface area (Å²) >= 11 is 0. The van der Waals surface area contributed by atoms with Crippen molar-refractivity contribution in [1.29, 1.82) is 0 Å².